The minimum atomic E-state index is 0.869. The minimum absolute atomic E-state index is 0.869. The Bertz CT molecular complexity index is 409. The van der Waals surface area contributed by atoms with Crippen LogP contribution in [0.4, 0.5) is 11.4 Å². The molecule has 0 unspecified atom stereocenters. The van der Waals surface area contributed by atoms with Gasteiger partial charge in [0.05, 0.1) is 48.8 Å². The third-order valence-corrected chi connectivity index (χ3v) is 3.36. The van der Waals surface area contributed by atoms with Crippen molar-refractivity contribution in [3.8, 4) is 0 Å². The average molecular weight is 341 g/mol. The van der Waals surface area contributed by atoms with E-state index in [4.69, 9.17) is 0 Å². The first-order chi connectivity index (χ1) is 10.8. The summed E-state index contributed by atoms with van der Waals surface area (Å²) < 4.78 is 1.92. The lowest BCUT2D eigenvalue weighted by Gasteiger charge is -2.25. The summed E-state index contributed by atoms with van der Waals surface area (Å²) in [5, 5.41) is 0. The van der Waals surface area contributed by atoms with Crippen molar-refractivity contribution >= 4 is 11.4 Å². The molecule has 0 aliphatic carbocycles. The molecule has 24 heavy (non-hydrogen) atoms. The van der Waals surface area contributed by atoms with Crippen molar-refractivity contribution in [1.29, 1.82) is 0 Å². The summed E-state index contributed by atoms with van der Waals surface area (Å²) in [6.07, 6.45) is 0. The van der Waals surface area contributed by atoms with Crippen molar-refractivity contribution in [2.45, 2.75) is 13.8 Å². The van der Waals surface area contributed by atoms with Gasteiger partial charge in [-0.15, -0.1) is 0 Å². The van der Waals surface area contributed by atoms with Crippen molar-refractivity contribution in [1.82, 2.24) is 9.38 Å². The van der Waals surface area contributed by atoms with E-state index >= 15 is 0 Å². The van der Waals surface area contributed by atoms with Gasteiger partial charge in [0.2, 0.25) is 0 Å². The molecule has 0 heterocycles. The zero-order chi connectivity index (χ0) is 19.6. The Hall–Kier alpha value is -1.10. The Kier molecular flexibility index (Phi) is 12.0. The molecule has 0 aliphatic rings. The number of likely N-dealkylation sites (N-methyl/N-ethyl adjacent to an activating group) is 2. The fourth-order valence-electron chi connectivity index (χ4n) is 1.70. The second-order valence-corrected chi connectivity index (χ2v) is 8.24. The first-order valence-corrected chi connectivity index (χ1v) is 8.87. The Morgan fingerprint density at radius 2 is 1.17 bits per heavy atom. The fraction of sp³-hybridized carbons (Fsp3) is 0.700. The Balaban J connectivity index is 0. The van der Waals surface area contributed by atoms with Gasteiger partial charge < -0.3 is 14.3 Å². The van der Waals surface area contributed by atoms with Gasteiger partial charge in [-0.05, 0) is 26.2 Å². The van der Waals surface area contributed by atoms with E-state index in [-0.39, 0.29) is 0 Å². The largest absolute Gasteiger partial charge is 0.378 e. The summed E-state index contributed by atoms with van der Waals surface area (Å²) in [6.45, 7) is 6.39. The molecule has 0 saturated carbocycles. The first kappa shape index (κ1) is 25.1. The van der Waals surface area contributed by atoms with Gasteiger partial charge in [-0.25, -0.2) is 0 Å². The van der Waals surface area contributed by atoms with Crippen molar-refractivity contribution in [3.05, 3.63) is 24.3 Å². The number of hydrogen-bond acceptors (Lipinski definition) is 2. The average Bonchev–Trinajstić information content (AvgIpc) is 2.46. The molecule has 0 atom stereocenters. The molecule has 1 aromatic carbocycles. The summed E-state index contributed by atoms with van der Waals surface area (Å²) in [5.74, 6) is 0. The highest BCUT2D eigenvalue weighted by Gasteiger charge is 2.11. The Labute approximate surface area is 152 Å². The van der Waals surface area contributed by atoms with E-state index < -0.39 is 0 Å². The number of rotatable bonds is 5. The van der Waals surface area contributed by atoms with Crippen molar-refractivity contribution < 1.29 is 4.48 Å². The van der Waals surface area contributed by atoms with Crippen molar-refractivity contribution in [2.75, 3.05) is 88.5 Å². The Morgan fingerprint density at radius 3 is 1.38 bits per heavy atom. The molecular formula is C20H44N4+2. The van der Waals surface area contributed by atoms with E-state index in [1.807, 2.05) is 13.8 Å². The molecule has 0 N–H and O–H groups in total. The van der Waals surface area contributed by atoms with Crippen LogP contribution < -0.4 is 9.38 Å². The highest BCUT2D eigenvalue weighted by Crippen LogP contribution is 2.20. The first-order valence-electron chi connectivity index (χ1n) is 8.87. The number of nitrogens with zero attached hydrogens (tertiary/aromatic N) is 4. The highest BCUT2D eigenvalue weighted by molar-refractivity contribution is 5.53. The van der Waals surface area contributed by atoms with Gasteiger partial charge in [-0.3, -0.25) is 4.48 Å². The second-order valence-electron chi connectivity index (χ2n) is 8.24. The maximum Gasteiger partial charge on any atom is 0.132 e. The van der Waals surface area contributed by atoms with Gasteiger partial charge in [0.1, 0.15) is 5.69 Å². The lowest BCUT2D eigenvalue weighted by atomic mass is 10.2. The third-order valence-electron chi connectivity index (χ3n) is 3.36. The summed E-state index contributed by atoms with van der Waals surface area (Å²) in [4.78, 5) is 4.32. The lowest BCUT2D eigenvalue weighted by molar-refractivity contribution is -0.869. The topological polar surface area (TPSA) is 6.48 Å². The van der Waals surface area contributed by atoms with E-state index in [0.717, 1.165) is 8.97 Å². The van der Waals surface area contributed by atoms with Crippen LogP contribution in [-0.4, -0.2) is 92.9 Å². The normalized spacial score (nSPS) is 11.2. The molecule has 0 aromatic heterocycles. The maximum absolute atomic E-state index is 2.21. The van der Waals surface area contributed by atoms with Gasteiger partial charge >= 0.3 is 0 Å². The van der Waals surface area contributed by atoms with Crippen LogP contribution >= 0.6 is 0 Å². The van der Waals surface area contributed by atoms with Crippen molar-refractivity contribution in [3.63, 3.8) is 0 Å². The number of hydrogen-bond donors (Lipinski definition) is 0. The molecule has 4 nitrogen and oxygen atoms in total. The molecule has 0 bridgehead atoms. The van der Waals surface area contributed by atoms with Crippen LogP contribution in [0.1, 0.15) is 13.8 Å². The molecule has 0 fully saturated rings. The molecule has 0 aliphatic heterocycles. The van der Waals surface area contributed by atoms with Crippen LogP contribution in [0.15, 0.2) is 24.3 Å². The fourth-order valence-corrected chi connectivity index (χ4v) is 1.70. The zero-order valence-corrected chi connectivity index (χ0v) is 18.5. The predicted molar refractivity (Wildman–Crippen MR) is 113 cm³/mol. The SMILES string of the molecule is CC.CN(C)CC[N+](C)(C)C.CN(C)c1ccc([N+](C)(C)C)cc1. The minimum Gasteiger partial charge on any atom is -0.378 e. The van der Waals surface area contributed by atoms with E-state index in [1.54, 1.807) is 0 Å². The molecule has 142 valence electrons. The number of anilines is 1. The summed E-state index contributed by atoms with van der Waals surface area (Å²) in [6, 6.07) is 8.66. The van der Waals surface area contributed by atoms with Crippen molar-refractivity contribution in [2.24, 2.45) is 0 Å². The molecule has 0 spiro atoms. The summed E-state index contributed by atoms with van der Waals surface area (Å²) in [7, 11) is 21.5. The molecule has 0 amide bonds. The molecule has 1 rings (SSSR count). The van der Waals surface area contributed by atoms with E-state index in [9.17, 15) is 0 Å². The molecule has 0 radical (unpaired) electrons. The molecule has 1 aromatic rings. The molecule has 4 heteroatoms. The van der Waals surface area contributed by atoms with Crippen LogP contribution in [0.25, 0.3) is 0 Å². The van der Waals surface area contributed by atoms with E-state index in [2.05, 4.69) is 105 Å². The van der Waals surface area contributed by atoms with E-state index in [0.29, 0.717) is 0 Å². The van der Waals surface area contributed by atoms with Gasteiger partial charge in [-0.2, -0.15) is 0 Å². The van der Waals surface area contributed by atoms with Crippen LogP contribution in [0.3, 0.4) is 0 Å². The predicted octanol–water partition coefficient (Wildman–Crippen LogP) is 3.23. The number of quaternary nitrogens is 2. The number of benzene rings is 1. The molecular weight excluding hydrogens is 296 g/mol. The zero-order valence-electron chi connectivity index (χ0n) is 18.5. The molecule has 0 saturated heterocycles. The van der Waals surface area contributed by atoms with Gasteiger partial charge in [0.15, 0.2) is 0 Å². The monoisotopic (exact) mass is 340 g/mol. The second kappa shape index (κ2) is 11.5. The van der Waals surface area contributed by atoms with Gasteiger partial charge in [0.25, 0.3) is 0 Å². The van der Waals surface area contributed by atoms with Crippen LogP contribution in [0.2, 0.25) is 0 Å². The third kappa shape index (κ3) is 13.3. The standard InChI is InChI=1S/C11H19N2.C7H19N2.C2H6/c1-12(2)10-6-8-11(9-7-10)13(3,4)5;1-8(2)6-7-9(3,4)5;1-2/h6-9H,1-5H3;6-7H2,1-5H3;1-2H3/q2*+1;. The maximum atomic E-state index is 2.21. The summed E-state index contributed by atoms with van der Waals surface area (Å²) >= 11 is 0. The van der Waals surface area contributed by atoms with Gasteiger partial charge in [0, 0.05) is 38.5 Å². The van der Waals surface area contributed by atoms with Crippen LogP contribution in [-0.2, 0) is 0 Å². The highest BCUT2D eigenvalue weighted by atomic mass is 15.3. The van der Waals surface area contributed by atoms with E-state index in [1.165, 1.54) is 24.5 Å². The van der Waals surface area contributed by atoms with Crippen LogP contribution in [0, 0.1) is 0 Å². The summed E-state index contributed by atoms with van der Waals surface area (Å²) in [5.41, 5.74) is 2.57. The van der Waals surface area contributed by atoms with Crippen LogP contribution in [0.5, 0.6) is 0 Å². The Morgan fingerprint density at radius 1 is 0.750 bits per heavy atom. The van der Waals surface area contributed by atoms with Gasteiger partial charge in [-0.1, -0.05) is 13.8 Å². The smallest absolute Gasteiger partial charge is 0.132 e. The quantitative estimate of drug-likeness (QED) is 0.759. The lowest BCUT2D eigenvalue weighted by Crippen LogP contribution is -2.40.